The molecule has 0 aliphatic heterocycles. The molecule has 3 heteroatoms. The van der Waals surface area contributed by atoms with E-state index in [1.165, 1.54) is 77.0 Å². The van der Waals surface area contributed by atoms with Gasteiger partial charge in [0.1, 0.15) is 0 Å². The summed E-state index contributed by atoms with van der Waals surface area (Å²) in [6, 6.07) is 61.5. The Morgan fingerprint density at radius 1 is 0.298 bits per heavy atom. The fourth-order valence-corrected chi connectivity index (χ4v) is 7.50. The van der Waals surface area contributed by atoms with E-state index in [2.05, 4.69) is 190 Å². The predicted octanol–water partition coefficient (Wildman–Crippen LogP) is 11.5. The van der Waals surface area contributed by atoms with Crippen molar-refractivity contribution in [3.05, 3.63) is 176 Å². The Kier molecular flexibility index (Phi) is 5.57. The van der Waals surface area contributed by atoms with Crippen molar-refractivity contribution >= 4 is 54.5 Å². The third-order valence-electron chi connectivity index (χ3n) is 9.68. The SMILES string of the molecule is c1ccc(-n2ccc3cc4c(cc32)c2ccccc2n4-c2ccc(-c3ccc(-n4c5ccccc5c5ccccc54)cc3)cc2)cc1. The summed E-state index contributed by atoms with van der Waals surface area (Å²) in [6.45, 7) is 0. The highest BCUT2D eigenvalue weighted by Crippen LogP contribution is 2.37. The molecule has 0 unspecified atom stereocenters. The number of aromatic nitrogens is 3. The topological polar surface area (TPSA) is 14.8 Å². The molecule has 0 saturated carbocycles. The zero-order valence-corrected chi connectivity index (χ0v) is 25.6. The van der Waals surface area contributed by atoms with Crippen LogP contribution in [-0.4, -0.2) is 13.7 Å². The molecule has 0 fully saturated rings. The second kappa shape index (κ2) is 10.1. The van der Waals surface area contributed by atoms with Crippen molar-refractivity contribution in [1.82, 2.24) is 13.7 Å². The minimum absolute atomic E-state index is 1.16. The molecule has 220 valence electrons. The summed E-state index contributed by atoms with van der Waals surface area (Å²) >= 11 is 0. The van der Waals surface area contributed by atoms with Crippen LogP contribution in [0.2, 0.25) is 0 Å². The van der Waals surface area contributed by atoms with Gasteiger partial charge in [0.2, 0.25) is 0 Å². The maximum atomic E-state index is 2.40. The van der Waals surface area contributed by atoms with Crippen molar-refractivity contribution in [2.45, 2.75) is 0 Å². The number of fused-ring (bicyclic) bond motifs is 7. The molecule has 10 aromatic rings. The van der Waals surface area contributed by atoms with Gasteiger partial charge < -0.3 is 13.7 Å². The highest BCUT2D eigenvalue weighted by Gasteiger charge is 2.16. The number of rotatable bonds is 4. The summed E-state index contributed by atoms with van der Waals surface area (Å²) < 4.78 is 7.05. The summed E-state index contributed by atoms with van der Waals surface area (Å²) in [6.07, 6.45) is 2.17. The third kappa shape index (κ3) is 3.93. The van der Waals surface area contributed by atoms with Gasteiger partial charge in [-0.15, -0.1) is 0 Å². The molecule has 0 amide bonds. The van der Waals surface area contributed by atoms with Crippen LogP contribution < -0.4 is 0 Å². The Morgan fingerprint density at radius 3 is 1.32 bits per heavy atom. The summed E-state index contributed by atoms with van der Waals surface area (Å²) in [5, 5.41) is 6.30. The lowest BCUT2D eigenvalue weighted by Crippen LogP contribution is -1.95. The second-order valence-corrected chi connectivity index (χ2v) is 12.3. The van der Waals surface area contributed by atoms with Crippen LogP contribution in [0.4, 0.5) is 0 Å². The second-order valence-electron chi connectivity index (χ2n) is 12.3. The quantitative estimate of drug-likeness (QED) is 0.191. The van der Waals surface area contributed by atoms with Crippen LogP contribution in [0, 0.1) is 0 Å². The smallest absolute Gasteiger partial charge is 0.0548 e. The van der Waals surface area contributed by atoms with Gasteiger partial charge in [0.05, 0.1) is 27.6 Å². The Morgan fingerprint density at radius 2 is 0.766 bits per heavy atom. The summed E-state index contributed by atoms with van der Waals surface area (Å²) in [5.74, 6) is 0. The minimum atomic E-state index is 1.16. The van der Waals surface area contributed by atoms with E-state index >= 15 is 0 Å². The van der Waals surface area contributed by atoms with E-state index in [1.807, 2.05) is 0 Å². The number of benzene rings is 7. The van der Waals surface area contributed by atoms with Crippen molar-refractivity contribution in [3.8, 4) is 28.2 Å². The van der Waals surface area contributed by atoms with E-state index in [1.54, 1.807) is 0 Å². The van der Waals surface area contributed by atoms with Gasteiger partial charge >= 0.3 is 0 Å². The highest BCUT2D eigenvalue weighted by molar-refractivity contribution is 6.13. The number of nitrogens with zero attached hydrogens (tertiary/aromatic N) is 3. The molecule has 0 spiro atoms. The van der Waals surface area contributed by atoms with Gasteiger partial charge in [-0.3, -0.25) is 0 Å². The summed E-state index contributed by atoms with van der Waals surface area (Å²) in [5.41, 5.74) is 12.0. The molecule has 0 atom stereocenters. The van der Waals surface area contributed by atoms with Gasteiger partial charge in [-0.1, -0.05) is 97.1 Å². The van der Waals surface area contributed by atoms with E-state index in [-0.39, 0.29) is 0 Å². The van der Waals surface area contributed by atoms with Crippen molar-refractivity contribution in [1.29, 1.82) is 0 Å². The number of para-hydroxylation sites is 4. The van der Waals surface area contributed by atoms with Crippen LogP contribution in [0.3, 0.4) is 0 Å². The molecule has 3 nitrogen and oxygen atoms in total. The van der Waals surface area contributed by atoms with Crippen LogP contribution in [0.5, 0.6) is 0 Å². The van der Waals surface area contributed by atoms with E-state index < -0.39 is 0 Å². The van der Waals surface area contributed by atoms with Crippen LogP contribution in [-0.2, 0) is 0 Å². The molecule has 0 bridgehead atoms. The van der Waals surface area contributed by atoms with Crippen molar-refractivity contribution in [2.75, 3.05) is 0 Å². The van der Waals surface area contributed by atoms with Crippen molar-refractivity contribution in [3.63, 3.8) is 0 Å². The molecule has 0 N–H and O–H groups in total. The lowest BCUT2D eigenvalue weighted by Gasteiger charge is -2.11. The molecule has 47 heavy (non-hydrogen) atoms. The van der Waals surface area contributed by atoms with Gasteiger partial charge in [-0.25, -0.2) is 0 Å². The molecular weight excluding hydrogens is 571 g/mol. The highest BCUT2D eigenvalue weighted by atomic mass is 15.0. The normalized spacial score (nSPS) is 11.8. The average Bonchev–Trinajstić information content (AvgIpc) is 3.81. The largest absolute Gasteiger partial charge is 0.317 e. The van der Waals surface area contributed by atoms with Crippen LogP contribution in [0.25, 0.3) is 82.7 Å². The molecule has 0 radical (unpaired) electrons. The number of hydrogen-bond acceptors (Lipinski definition) is 0. The van der Waals surface area contributed by atoms with E-state index in [9.17, 15) is 0 Å². The Hall–Kier alpha value is -6.32. The van der Waals surface area contributed by atoms with Gasteiger partial charge in [0.15, 0.2) is 0 Å². The average molecular weight is 600 g/mol. The Balaban J connectivity index is 1.05. The molecule has 0 saturated heterocycles. The monoisotopic (exact) mass is 599 g/mol. The molecule has 0 aliphatic rings. The van der Waals surface area contributed by atoms with E-state index in [0.717, 1.165) is 5.69 Å². The maximum absolute atomic E-state index is 2.40. The fraction of sp³-hybridized carbons (Fsp3) is 0. The lowest BCUT2D eigenvalue weighted by atomic mass is 10.0. The summed E-state index contributed by atoms with van der Waals surface area (Å²) in [4.78, 5) is 0. The van der Waals surface area contributed by atoms with Gasteiger partial charge in [-0.2, -0.15) is 0 Å². The Bertz CT molecular complexity index is 2700. The molecule has 0 aliphatic carbocycles. The molecule has 3 aromatic heterocycles. The van der Waals surface area contributed by atoms with Crippen molar-refractivity contribution in [2.24, 2.45) is 0 Å². The Labute approximate surface area is 271 Å². The third-order valence-corrected chi connectivity index (χ3v) is 9.68. The molecule has 10 rings (SSSR count). The lowest BCUT2D eigenvalue weighted by molar-refractivity contribution is 1.13. The van der Waals surface area contributed by atoms with Crippen molar-refractivity contribution < 1.29 is 0 Å². The molecule has 3 heterocycles. The van der Waals surface area contributed by atoms with Crippen LogP contribution in [0.15, 0.2) is 176 Å². The predicted molar refractivity (Wildman–Crippen MR) is 197 cm³/mol. The minimum Gasteiger partial charge on any atom is -0.317 e. The molecule has 7 aromatic carbocycles. The zero-order valence-electron chi connectivity index (χ0n) is 25.6. The summed E-state index contributed by atoms with van der Waals surface area (Å²) in [7, 11) is 0. The van der Waals surface area contributed by atoms with Gasteiger partial charge in [0, 0.05) is 50.2 Å². The molecular formula is C44H29N3. The van der Waals surface area contributed by atoms with E-state index in [0.29, 0.717) is 0 Å². The first-order valence-corrected chi connectivity index (χ1v) is 16.1. The first kappa shape index (κ1) is 26.0. The van der Waals surface area contributed by atoms with Crippen LogP contribution >= 0.6 is 0 Å². The zero-order chi connectivity index (χ0) is 30.9. The van der Waals surface area contributed by atoms with Gasteiger partial charge in [0.25, 0.3) is 0 Å². The first-order chi connectivity index (χ1) is 23.3. The number of hydrogen-bond donors (Lipinski definition) is 0. The standard InChI is InChI=1S/C44H29N3/c1-2-10-33(11-3-1)45-27-26-32-28-44-39(29-43(32)45)38-14-6-9-17-42(38)47(44)35-24-20-31(21-25-35)30-18-22-34(23-19-30)46-40-15-7-4-12-36(40)37-13-5-8-16-41(37)46/h1-29H. The fourth-order valence-electron chi connectivity index (χ4n) is 7.50. The van der Waals surface area contributed by atoms with Crippen LogP contribution in [0.1, 0.15) is 0 Å². The van der Waals surface area contributed by atoms with Gasteiger partial charge in [-0.05, 0) is 83.9 Å². The first-order valence-electron chi connectivity index (χ1n) is 16.1. The van der Waals surface area contributed by atoms with E-state index in [4.69, 9.17) is 0 Å². The maximum Gasteiger partial charge on any atom is 0.0548 e.